The van der Waals surface area contributed by atoms with Gasteiger partial charge in [0.2, 0.25) is 11.9 Å². The topological polar surface area (TPSA) is 88.8 Å². The van der Waals surface area contributed by atoms with E-state index >= 15 is 0 Å². The highest BCUT2D eigenvalue weighted by Crippen LogP contribution is 2.33. The van der Waals surface area contributed by atoms with Gasteiger partial charge in [0.15, 0.2) is 11.5 Å². The minimum absolute atomic E-state index is 0.156. The molecule has 34 heavy (non-hydrogen) atoms. The van der Waals surface area contributed by atoms with Crippen LogP contribution in [-0.2, 0) is 17.8 Å². The third-order valence-corrected chi connectivity index (χ3v) is 6.54. The van der Waals surface area contributed by atoms with E-state index in [0.717, 1.165) is 55.5 Å². The number of ether oxygens (including phenoxy) is 2. The Balaban J connectivity index is 1.18. The Hall–Kier alpha value is -3.66. The zero-order chi connectivity index (χ0) is 23.5. The van der Waals surface area contributed by atoms with Gasteiger partial charge in [0.05, 0.1) is 26.5 Å². The molecule has 2 aliphatic heterocycles. The zero-order valence-electron chi connectivity index (χ0n) is 19.6. The summed E-state index contributed by atoms with van der Waals surface area (Å²) in [6, 6.07) is 13.9. The minimum Gasteiger partial charge on any atom is -0.493 e. The number of methoxy groups -OCH3 is 2. The Morgan fingerprint density at radius 2 is 1.65 bits per heavy atom. The lowest BCUT2D eigenvalue weighted by Crippen LogP contribution is -2.51. The fourth-order valence-corrected chi connectivity index (χ4v) is 4.61. The van der Waals surface area contributed by atoms with Crippen LogP contribution in [0, 0.1) is 0 Å². The van der Waals surface area contributed by atoms with Gasteiger partial charge in [-0.25, -0.2) is 0 Å². The maximum Gasteiger partial charge on any atom is 0.250 e. The number of carbonyl (C=O) groups is 1. The van der Waals surface area contributed by atoms with Crippen molar-refractivity contribution in [2.45, 2.75) is 13.0 Å². The molecule has 0 bridgehead atoms. The second-order valence-electron chi connectivity index (χ2n) is 8.53. The molecule has 0 atom stereocenters. The summed E-state index contributed by atoms with van der Waals surface area (Å²) in [6.45, 7) is 4.82. The van der Waals surface area contributed by atoms with Crippen LogP contribution in [0.5, 0.6) is 11.5 Å². The number of rotatable bonds is 6. The molecule has 1 fully saturated rings. The van der Waals surface area contributed by atoms with Crippen LogP contribution >= 0.6 is 0 Å². The Kier molecular flexibility index (Phi) is 6.31. The number of nitrogens with zero attached hydrogens (tertiary/aromatic N) is 7. The summed E-state index contributed by atoms with van der Waals surface area (Å²) < 4.78 is 12.6. The molecule has 1 aromatic heterocycles. The summed E-state index contributed by atoms with van der Waals surface area (Å²) in [5, 5.41) is 12.3. The molecule has 178 valence electrons. The van der Waals surface area contributed by atoms with E-state index in [4.69, 9.17) is 9.47 Å². The van der Waals surface area contributed by atoms with Gasteiger partial charge in [-0.3, -0.25) is 9.69 Å². The van der Waals surface area contributed by atoms with E-state index in [2.05, 4.69) is 25.3 Å². The number of amides is 1. The predicted octanol–water partition coefficient (Wildman–Crippen LogP) is 1.39. The largest absolute Gasteiger partial charge is 0.493 e. The number of tetrazole rings is 1. The normalized spacial score (nSPS) is 16.3. The van der Waals surface area contributed by atoms with Crippen LogP contribution in [0.25, 0.3) is 5.69 Å². The van der Waals surface area contributed by atoms with E-state index in [-0.39, 0.29) is 5.91 Å². The number of fused-ring (bicyclic) bond motifs is 1. The van der Waals surface area contributed by atoms with Gasteiger partial charge < -0.3 is 19.3 Å². The predicted molar refractivity (Wildman–Crippen MR) is 126 cm³/mol. The molecule has 5 rings (SSSR count). The van der Waals surface area contributed by atoms with Crippen molar-refractivity contribution in [1.82, 2.24) is 30.0 Å². The van der Waals surface area contributed by atoms with Gasteiger partial charge >= 0.3 is 0 Å². The van der Waals surface area contributed by atoms with Gasteiger partial charge in [-0.15, -0.1) is 0 Å². The number of carbonyl (C=O) groups excluding carboxylic acids is 1. The Labute approximate surface area is 198 Å². The molecule has 10 nitrogen and oxygen atoms in total. The number of para-hydroxylation sites is 1. The van der Waals surface area contributed by atoms with Crippen LogP contribution in [-0.4, -0.2) is 89.4 Å². The fraction of sp³-hybridized carbons (Fsp3) is 0.417. The third kappa shape index (κ3) is 4.41. The number of anilines is 1. The first-order valence-corrected chi connectivity index (χ1v) is 11.5. The Bertz CT molecular complexity index is 1140. The van der Waals surface area contributed by atoms with Crippen molar-refractivity contribution < 1.29 is 14.3 Å². The van der Waals surface area contributed by atoms with E-state index in [0.29, 0.717) is 25.4 Å². The van der Waals surface area contributed by atoms with Gasteiger partial charge in [0.1, 0.15) is 0 Å². The highest BCUT2D eigenvalue weighted by atomic mass is 16.5. The van der Waals surface area contributed by atoms with Crippen molar-refractivity contribution >= 4 is 11.9 Å². The molecule has 1 saturated heterocycles. The van der Waals surface area contributed by atoms with Crippen LogP contribution in [0.4, 0.5) is 5.95 Å². The lowest BCUT2D eigenvalue weighted by Gasteiger charge is -2.36. The number of aromatic nitrogens is 4. The molecule has 3 aromatic rings. The lowest BCUT2D eigenvalue weighted by atomic mass is 9.98. The molecule has 0 N–H and O–H groups in total. The molecule has 0 saturated carbocycles. The molecule has 3 heterocycles. The second-order valence-corrected chi connectivity index (χ2v) is 8.53. The first-order valence-electron chi connectivity index (χ1n) is 11.5. The van der Waals surface area contributed by atoms with Gasteiger partial charge in [0, 0.05) is 39.3 Å². The van der Waals surface area contributed by atoms with Crippen molar-refractivity contribution in [2.75, 3.05) is 58.4 Å². The molecule has 10 heteroatoms. The first kappa shape index (κ1) is 22.1. The highest BCUT2D eigenvalue weighted by Gasteiger charge is 2.27. The third-order valence-electron chi connectivity index (χ3n) is 6.54. The van der Waals surface area contributed by atoms with Gasteiger partial charge in [-0.2, -0.15) is 4.68 Å². The van der Waals surface area contributed by atoms with E-state index in [1.807, 2.05) is 47.4 Å². The van der Waals surface area contributed by atoms with E-state index in [1.54, 1.807) is 18.9 Å². The molecule has 0 radical (unpaired) electrons. The molecule has 0 aliphatic carbocycles. The maximum absolute atomic E-state index is 13.1. The van der Waals surface area contributed by atoms with Crippen LogP contribution in [0.1, 0.15) is 11.1 Å². The molecule has 1 amide bonds. The summed E-state index contributed by atoms with van der Waals surface area (Å²) in [4.78, 5) is 19.4. The average molecular weight is 464 g/mol. The monoisotopic (exact) mass is 463 g/mol. The van der Waals surface area contributed by atoms with Crippen molar-refractivity contribution in [1.29, 1.82) is 0 Å². The lowest BCUT2D eigenvalue weighted by molar-refractivity contribution is -0.133. The van der Waals surface area contributed by atoms with Gasteiger partial charge in [-0.05, 0) is 52.2 Å². The highest BCUT2D eigenvalue weighted by molar-refractivity contribution is 5.78. The average Bonchev–Trinajstić information content (AvgIpc) is 3.38. The van der Waals surface area contributed by atoms with Crippen molar-refractivity contribution in [3.8, 4) is 17.2 Å². The molecule has 0 spiro atoms. The number of piperazine rings is 1. The van der Waals surface area contributed by atoms with Gasteiger partial charge in [0.25, 0.3) is 0 Å². The molecular formula is C24H29N7O3. The SMILES string of the molecule is COc1cc2c(cc1OC)CN(C(=O)CN1CCN(c3nnnn3-c3ccccc3)CC1)CC2. The number of hydrogen-bond acceptors (Lipinski definition) is 8. The minimum atomic E-state index is 0.156. The van der Waals surface area contributed by atoms with E-state index in [1.165, 1.54) is 5.56 Å². The fourth-order valence-electron chi connectivity index (χ4n) is 4.61. The van der Waals surface area contributed by atoms with Crippen molar-refractivity contribution in [3.05, 3.63) is 53.6 Å². The first-order chi connectivity index (χ1) is 16.7. The van der Waals surface area contributed by atoms with E-state index < -0.39 is 0 Å². The number of benzene rings is 2. The molecule has 2 aliphatic rings. The summed E-state index contributed by atoms with van der Waals surface area (Å²) in [5.41, 5.74) is 3.26. The van der Waals surface area contributed by atoms with E-state index in [9.17, 15) is 4.79 Å². The Morgan fingerprint density at radius 3 is 2.35 bits per heavy atom. The van der Waals surface area contributed by atoms with Crippen LogP contribution in [0.15, 0.2) is 42.5 Å². The molecular weight excluding hydrogens is 434 g/mol. The van der Waals surface area contributed by atoms with Crippen molar-refractivity contribution in [3.63, 3.8) is 0 Å². The second kappa shape index (κ2) is 9.68. The van der Waals surface area contributed by atoms with Gasteiger partial charge in [-0.1, -0.05) is 23.3 Å². The summed E-state index contributed by atoms with van der Waals surface area (Å²) in [6.07, 6.45) is 0.817. The smallest absolute Gasteiger partial charge is 0.250 e. The summed E-state index contributed by atoms with van der Waals surface area (Å²) in [5.74, 6) is 2.32. The molecule has 0 unspecified atom stereocenters. The quantitative estimate of drug-likeness (QED) is 0.542. The maximum atomic E-state index is 13.1. The Morgan fingerprint density at radius 1 is 0.941 bits per heavy atom. The molecule has 2 aromatic carbocycles. The standard InChI is InChI=1S/C24H29N7O3/c1-33-21-14-18-8-9-30(16-19(18)15-22(21)34-2)23(32)17-28-10-12-29(13-11-28)24-25-26-27-31(24)20-6-4-3-5-7-20/h3-7,14-15H,8-13,16-17H2,1-2H3. The zero-order valence-corrected chi connectivity index (χ0v) is 19.6. The van der Waals surface area contributed by atoms with Crippen LogP contribution < -0.4 is 14.4 Å². The summed E-state index contributed by atoms with van der Waals surface area (Å²) in [7, 11) is 3.28. The summed E-state index contributed by atoms with van der Waals surface area (Å²) >= 11 is 0. The van der Waals surface area contributed by atoms with Crippen LogP contribution in [0.3, 0.4) is 0 Å². The van der Waals surface area contributed by atoms with Crippen molar-refractivity contribution in [2.24, 2.45) is 0 Å². The number of hydrogen-bond donors (Lipinski definition) is 0. The van der Waals surface area contributed by atoms with Crippen LogP contribution in [0.2, 0.25) is 0 Å².